The maximum atomic E-state index is 11.9. The highest BCUT2D eigenvalue weighted by Gasteiger charge is 2.23. The molecule has 17 heavy (non-hydrogen) atoms. The van der Waals surface area contributed by atoms with Gasteiger partial charge in [-0.2, -0.15) is 4.31 Å². The fourth-order valence-corrected chi connectivity index (χ4v) is 2.32. The van der Waals surface area contributed by atoms with E-state index < -0.39 is 10.0 Å². The van der Waals surface area contributed by atoms with E-state index in [0.29, 0.717) is 24.9 Å². The van der Waals surface area contributed by atoms with Crippen LogP contribution < -0.4 is 5.32 Å². The van der Waals surface area contributed by atoms with E-state index in [1.807, 2.05) is 13.8 Å². The van der Waals surface area contributed by atoms with Crippen LogP contribution in [0.15, 0.2) is 21.6 Å². The number of hydrogen-bond donors (Lipinski definition) is 1. The minimum Gasteiger partial charge on any atom is -0.447 e. The Hall–Kier alpha value is -0.850. The van der Waals surface area contributed by atoms with Gasteiger partial charge >= 0.3 is 0 Å². The lowest BCUT2D eigenvalue weighted by molar-refractivity contribution is 0.379. The van der Waals surface area contributed by atoms with Gasteiger partial charge in [-0.15, -0.1) is 0 Å². The van der Waals surface area contributed by atoms with Gasteiger partial charge in [0.2, 0.25) is 5.09 Å². The van der Waals surface area contributed by atoms with Crippen LogP contribution in [0, 0.1) is 0 Å². The number of nitrogens with one attached hydrogen (secondary N) is 1. The molecule has 0 bridgehead atoms. The van der Waals surface area contributed by atoms with Crippen LogP contribution in [0.3, 0.4) is 0 Å². The molecule has 0 spiro atoms. The molecule has 0 atom stereocenters. The van der Waals surface area contributed by atoms with Crippen LogP contribution in [0.4, 0.5) is 0 Å². The largest absolute Gasteiger partial charge is 0.447 e. The second kappa shape index (κ2) is 5.66. The van der Waals surface area contributed by atoms with Crippen LogP contribution in [0.1, 0.15) is 26.5 Å². The van der Waals surface area contributed by atoms with E-state index in [1.165, 1.54) is 17.4 Å². The van der Waals surface area contributed by atoms with Crippen LogP contribution in [0.25, 0.3) is 0 Å². The molecule has 1 heterocycles. The second-order valence-electron chi connectivity index (χ2n) is 4.18. The quantitative estimate of drug-likeness (QED) is 0.840. The molecule has 0 aliphatic carbocycles. The van der Waals surface area contributed by atoms with Crippen LogP contribution in [-0.2, 0) is 16.6 Å². The molecule has 98 valence electrons. The van der Waals surface area contributed by atoms with Gasteiger partial charge in [-0.3, -0.25) is 0 Å². The predicted molar refractivity (Wildman–Crippen MR) is 66.2 cm³/mol. The van der Waals surface area contributed by atoms with Gasteiger partial charge in [0.1, 0.15) is 5.76 Å². The molecule has 5 nitrogen and oxygen atoms in total. The zero-order valence-electron chi connectivity index (χ0n) is 10.7. The molecule has 0 saturated heterocycles. The Morgan fingerprint density at radius 1 is 1.41 bits per heavy atom. The van der Waals surface area contributed by atoms with E-state index in [1.54, 1.807) is 13.0 Å². The van der Waals surface area contributed by atoms with Crippen molar-refractivity contribution in [3.05, 3.63) is 17.9 Å². The normalized spacial score (nSPS) is 12.6. The van der Waals surface area contributed by atoms with E-state index in [9.17, 15) is 8.42 Å². The van der Waals surface area contributed by atoms with Gasteiger partial charge < -0.3 is 9.73 Å². The van der Waals surface area contributed by atoms with Gasteiger partial charge in [0.25, 0.3) is 10.0 Å². The highest BCUT2D eigenvalue weighted by atomic mass is 32.2. The highest BCUT2D eigenvalue weighted by molar-refractivity contribution is 7.89. The lowest BCUT2D eigenvalue weighted by atomic mass is 10.3. The van der Waals surface area contributed by atoms with Gasteiger partial charge in [0.05, 0.1) is 6.54 Å². The zero-order valence-corrected chi connectivity index (χ0v) is 11.5. The zero-order chi connectivity index (χ0) is 13.1. The summed E-state index contributed by atoms with van der Waals surface area (Å²) >= 11 is 0. The first kappa shape index (κ1) is 14.2. The predicted octanol–water partition coefficient (Wildman–Crippen LogP) is 1.42. The molecule has 0 saturated carbocycles. The summed E-state index contributed by atoms with van der Waals surface area (Å²) in [6, 6.07) is 3.52. The Morgan fingerprint density at radius 2 is 2.06 bits per heavy atom. The van der Waals surface area contributed by atoms with E-state index in [-0.39, 0.29) is 5.09 Å². The minimum absolute atomic E-state index is 0.00223. The number of nitrogens with zero attached hydrogens (tertiary/aromatic N) is 1. The van der Waals surface area contributed by atoms with Gasteiger partial charge in [-0.1, -0.05) is 20.8 Å². The fourth-order valence-electron chi connectivity index (χ4n) is 1.22. The van der Waals surface area contributed by atoms with Crippen molar-refractivity contribution in [3.63, 3.8) is 0 Å². The molecule has 1 rings (SSSR count). The molecular formula is C11H20N2O3S. The number of rotatable bonds is 6. The lowest BCUT2D eigenvalue weighted by Gasteiger charge is -2.12. The minimum atomic E-state index is -3.47. The third-order valence-corrected chi connectivity index (χ3v) is 4.24. The summed E-state index contributed by atoms with van der Waals surface area (Å²) < 4.78 is 30.4. The summed E-state index contributed by atoms with van der Waals surface area (Å²) in [6.07, 6.45) is 0. The lowest BCUT2D eigenvalue weighted by Crippen LogP contribution is -2.26. The van der Waals surface area contributed by atoms with E-state index in [2.05, 4.69) is 5.32 Å². The summed E-state index contributed by atoms with van der Waals surface area (Å²) in [4.78, 5) is 0. The topological polar surface area (TPSA) is 62.6 Å². The van der Waals surface area contributed by atoms with Crippen LogP contribution in [0.2, 0.25) is 0 Å². The average molecular weight is 260 g/mol. The van der Waals surface area contributed by atoms with E-state index in [0.717, 1.165) is 0 Å². The smallest absolute Gasteiger partial charge is 0.276 e. The van der Waals surface area contributed by atoms with E-state index in [4.69, 9.17) is 4.42 Å². The van der Waals surface area contributed by atoms with Crippen LogP contribution >= 0.6 is 0 Å². The van der Waals surface area contributed by atoms with Crippen molar-refractivity contribution in [2.24, 2.45) is 0 Å². The molecule has 6 heteroatoms. The maximum Gasteiger partial charge on any atom is 0.276 e. The molecule has 0 aliphatic heterocycles. The SMILES string of the molecule is CCN(C)S(=O)(=O)c1ccc(CNC(C)C)o1. The van der Waals surface area contributed by atoms with Crippen molar-refractivity contribution in [2.45, 2.75) is 38.5 Å². The van der Waals surface area contributed by atoms with Crippen LogP contribution in [-0.4, -0.2) is 32.4 Å². The van der Waals surface area contributed by atoms with Crippen molar-refractivity contribution in [1.29, 1.82) is 0 Å². The average Bonchev–Trinajstić information content (AvgIpc) is 2.74. The molecule has 0 radical (unpaired) electrons. The van der Waals surface area contributed by atoms with Gasteiger partial charge in [0, 0.05) is 19.6 Å². The molecule has 0 unspecified atom stereocenters. The molecule has 0 amide bonds. The molecular weight excluding hydrogens is 240 g/mol. The van der Waals surface area contributed by atoms with Gasteiger partial charge in [-0.25, -0.2) is 8.42 Å². The Morgan fingerprint density at radius 3 is 2.59 bits per heavy atom. The highest BCUT2D eigenvalue weighted by Crippen LogP contribution is 2.17. The first-order chi connectivity index (χ1) is 7.87. The van der Waals surface area contributed by atoms with Crippen molar-refractivity contribution in [1.82, 2.24) is 9.62 Å². The third kappa shape index (κ3) is 3.55. The Labute approximate surface area is 103 Å². The Balaban J connectivity index is 2.81. The monoisotopic (exact) mass is 260 g/mol. The molecule has 1 aromatic rings. The van der Waals surface area contributed by atoms with Gasteiger partial charge in [0.15, 0.2) is 0 Å². The Kier molecular flexibility index (Phi) is 4.73. The Bertz CT molecular complexity index is 451. The molecule has 0 aliphatic rings. The van der Waals surface area contributed by atoms with Crippen LogP contribution in [0.5, 0.6) is 0 Å². The van der Waals surface area contributed by atoms with E-state index >= 15 is 0 Å². The third-order valence-electron chi connectivity index (χ3n) is 2.43. The van der Waals surface area contributed by atoms with Crippen molar-refractivity contribution >= 4 is 10.0 Å². The van der Waals surface area contributed by atoms with Gasteiger partial charge in [-0.05, 0) is 12.1 Å². The molecule has 1 N–H and O–H groups in total. The van der Waals surface area contributed by atoms with Crippen molar-refractivity contribution in [2.75, 3.05) is 13.6 Å². The summed E-state index contributed by atoms with van der Waals surface area (Å²) in [5.74, 6) is 0.627. The number of sulfonamides is 1. The molecule has 0 aromatic carbocycles. The fraction of sp³-hybridized carbons (Fsp3) is 0.636. The summed E-state index contributed by atoms with van der Waals surface area (Å²) in [5.41, 5.74) is 0. The van der Waals surface area contributed by atoms with Crippen molar-refractivity contribution < 1.29 is 12.8 Å². The first-order valence-electron chi connectivity index (χ1n) is 5.66. The summed E-state index contributed by atoms with van der Waals surface area (Å²) in [7, 11) is -1.94. The number of furan rings is 1. The molecule has 1 aromatic heterocycles. The standard InChI is InChI=1S/C11H20N2O3S/c1-5-13(4)17(14,15)11-7-6-10(16-11)8-12-9(2)3/h6-7,9,12H,5,8H2,1-4H3. The second-order valence-corrected chi connectivity index (χ2v) is 6.15. The summed E-state index contributed by atoms with van der Waals surface area (Å²) in [6.45, 7) is 6.77. The van der Waals surface area contributed by atoms with Crippen molar-refractivity contribution in [3.8, 4) is 0 Å². The first-order valence-corrected chi connectivity index (χ1v) is 7.10. The molecule has 0 fully saturated rings. The summed E-state index contributed by atoms with van der Waals surface area (Å²) in [5, 5.41) is 3.17. The number of hydrogen-bond acceptors (Lipinski definition) is 4. The maximum absolute atomic E-state index is 11.9.